The minimum atomic E-state index is -0.275. The summed E-state index contributed by atoms with van der Waals surface area (Å²) in [4.78, 5) is 28.9. The molecule has 0 N–H and O–H groups in total. The molecule has 2 aromatic carbocycles. The van der Waals surface area contributed by atoms with Crippen LogP contribution in [0.5, 0.6) is 5.75 Å². The summed E-state index contributed by atoms with van der Waals surface area (Å²) in [5, 5.41) is 0.358. The van der Waals surface area contributed by atoms with Crippen molar-refractivity contribution in [3.63, 3.8) is 0 Å². The van der Waals surface area contributed by atoms with Crippen molar-refractivity contribution in [1.29, 1.82) is 0 Å². The third kappa shape index (κ3) is 4.77. The van der Waals surface area contributed by atoms with Crippen LogP contribution in [0.25, 0.3) is 6.08 Å². The van der Waals surface area contributed by atoms with Crippen molar-refractivity contribution in [3.8, 4) is 5.75 Å². The zero-order valence-electron chi connectivity index (χ0n) is 15.8. The van der Waals surface area contributed by atoms with Crippen LogP contribution in [-0.2, 0) is 4.79 Å². The molecule has 0 unspecified atom stereocenters. The Kier molecular flexibility index (Phi) is 6.11. The van der Waals surface area contributed by atoms with Gasteiger partial charge >= 0.3 is 0 Å². The number of imide groups is 1. The second kappa shape index (κ2) is 8.93. The van der Waals surface area contributed by atoms with Gasteiger partial charge in [-0.15, -0.1) is 0 Å². The Hall–Kier alpha value is -2.44. The Bertz CT molecular complexity index is 922. The van der Waals surface area contributed by atoms with E-state index in [2.05, 4.69) is 17.0 Å². The van der Waals surface area contributed by atoms with Crippen LogP contribution < -0.4 is 9.64 Å². The van der Waals surface area contributed by atoms with E-state index in [9.17, 15) is 9.59 Å². The number of thioether (sulfide) groups is 1. The Labute approximate surface area is 179 Å². The average Bonchev–Trinajstić information content (AvgIpc) is 3.35. The van der Waals surface area contributed by atoms with E-state index < -0.39 is 0 Å². The maximum absolute atomic E-state index is 12.6. The average molecular weight is 429 g/mol. The number of benzene rings is 2. The molecular formula is C22H21ClN2O3S. The van der Waals surface area contributed by atoms with E-state index in [0.717, 1.165) is 30.4 Å². The van der Waals surface area contributed by atoms with Crippen LogP contribution in [0, 0.1) is 0 Å². The minimum Gasteiger partial charge on any atom is -0.492 e. The van der Waals surface area contributed by atoms with Gasteiger partial charge in [0.1, 0.15) is 12.4 Å². The smallest absolute Gasteiger partial charge is 0.293 e. The maximum atomic E-state index is 12.6. The first-order valence-corrected chi connectivity index (χ1v) is 10.8. The van der Waals surface area contributed by atoms with Gasteiger partial charge in [-0.3, -0.25) is 14.5 Å². The van der Waals surface area contributed by atoms with E-state index in [1.165, 1.54) is 23.4 Å². The quantitative estimate of drug-likeness (QED) is 0.602. The van der Waals surface area contributed by atoms with Gasteiger partial charge in [0.2, 0.25) is 0 Å². The van der Waals surface area contributed by atoms with Gasteiger partial charge in [-0.1, -0.05) is 23.7 Å². The van der Waals surface area contributed by atoms with Crippen LogP contribution in [0.1, 0.15) is 18.4 Å². The number of amides is 2. The zero-order chi connectivity index (χ0) is 20.2. The first-order chi connectivity index (χ1) is 14.1. The molecule has 2 aromatic rings. The largest absolute Gasteiger partial charge is 0.492 e. The summed E-state index contributed by atoms with van der Waals surface area (Å²) in [5.41, 5.74) is 2.11. The van der Waals surface area contributed by atoms with E-state index in [1.807, 2.05) is 12.1 Å². The number of ether oxygens (including phenoxy) is 1. The highest BCUT2D eigenvalue weighted by Crippen LogP contribution is 2.32. The van der Waals surface area contributed by atoms with Crippen LogP contribution >= 0.6 is 23.4 Å². The van der Waals surface area contributed by atoms with Crippen molar-refractivity contribution in [1.82, 2.24) is 4.90 Å². The molecule has 2 aliphatic heterocycles. The molecule has 2 fully saturated rings. The Morgan fingerprint density at radius 3 is 2.38 bits per heavy atom. The van der Waals surface area contributed by atoms with Gasteiger partial charge in [0.05, 0.1) is 11.4 Å². The molecule has 0 aliphatic carbocycles. The lowest BCUT2D eigenvalue weighted by molar-refractivity contribution is -0.123. The molecule has 7 heteroatoms. The van der Waals surface area contributed by atoms with Gasteiger partial charge in [0.25, 0.3) is 11.1 Å². The number of halogens is 1. The third-order valence-corrected chi connectivity index (χ3v) is 6.09. The molecule has 0 saturated carbocycles. The fourth-order valence-corrected chi connectivity index (χ4v) is 4.38. The molecule has 150 valence electrons. The van der Waals surface area contributed by atoms with Crippen molar-refractivity contribution in [2.75, 3.05) is 31.1 Å². The lowest BCUT2D eigenvalue weighted by Gasteiger charge is -2.17. The van der Waals surface area contributed by atoms with E-state index >= 15 is 0 Å². The standard InChI is InChI=1S/C22H21ClN2O3S/c23-17-5-9-19(10-6-17)28-14-13-25-21(26)20(29-22(25)27)15-16-3-7-18(8-4-16)24-11-1-2-12-24/h3-10,15H,1-2,11-14H2/b20-15-. The topological polar surface area (TPSA) is 49.9 Å². The van der Waals surface area contributed by atoms with Crippen LogP contribution in [0.3, 0.4) is 0 Å². The fourth-order valence-electron chi connectivity index (χ4n) is 3.39. The molecule has 0 radical (unpaired) electrons. The van der Waals surface area contributed by atoms with Crippen LogP contribution in [0.2, 0.25) is 5.02 Å². The van der Waals surface area contributed by atoms with E-state index in [0.29, 0.717) is 15.7 Å². The van der Waals surface area contributed by atoms with Crippen molar-refractivity contribution >= 4 is 46.3 Å². The molecule has 2 amide bonds. The zero-order valence-corrected chi connectivity index (χ0v) is 17.4. The first-order valence-electron chi connectivity index (χ1n) is 9.59. The monoisotopic (exact) mass is 428 g/mol. The van der Waals surface area contributed by atoms with Crippen molar-refractivity contribution in [2.24, 2.45) is 0 Å². The SMILES string of the molecule is O=C1S/C(=C\c2ccc(N3CCCC3)cc2)C(=O)N1CCOc1ccc(Cl)cc1. The van der Waals surface area contributed by atoms with Crippen LogP contribution in [0.4, 0.5) is 10.5 Å². The van der Waals surface area contributed by atoms with Gasteiger partial charge in [-0.05, 0) is 72.6 Å². The van der Waals surface area contributed by atoms with Gasteiger partial charge in [0, 0.05) is 23.8 Å². The van der Waals surface area contributed by atoms with E-state index in [-0.39, 0.29) is 24.3 Å². The van der Waals surface area contributed by atoms with Crippen LogP contribution in [-0.4, -0.2) is 42.3 Å². The van der Waals surface area contributed by atoms with Crippen molar-refractivity contribution in [3.05, 3.63) is 64.0 Å². The molecule has 0 spiro atoms. The lowest BCUT2D eigenvalue weighted by Crippen LogP contribution is -2.32. The summed E-state index contributed by atoms with van der Waals surface area (Å²) >= 11 is 6.82. The summed E-state index contributed by atoms with van der Waals surface area (Å²) in [6.07, 6.45) is 4.24. The Morgan fingerprint density at radius 2 is 1.69 bits per heavy atom. The third-order valence-electron chi connectivity index (χ3n) is 4.93. The number of carbonyl (C=O) groups excluding carboxylic acids is 2. The summed E-state index contributed by atoms with van der Waals surface area (Å²) in [7, 11) is 0. The van der Waals surface area contributed by atoms with E-state index in [1.54, 1.807) is 30.3 Å². The molecule has 29 heavy (non-hydrogen) atoms. The Morgan fingerprint density at radius 1 is 1.00 bits per heavy atom. The second-order valence-electron chi connectivity index (χ2n) is 6.92. The number of hydrogen-bond acceptors (Lipinski definition) is 5. The fraction of sp³-hybridized carbons (Fsp3) is 0.273. The normalized spacial score (nSPS) is 18.2. The molecule has 0 aromatic heterocycles. The highest BCUT2D eigenvalue weighted by Gasteiger charge is 2.34. The number of carbonyl (C=O) groups is 2. The van der Waals surface area contributed by atoms with Gasteiger partial charge in [-0.2, -0.15) is 0 Å². The predicted molar refractivity (Wildman–Crippen MR) is 118 cm³/mol. The molecular weight excluding hydrogens is 408 g/mol. The molecule has 2 saturated heterocycles. The molecule has 2 heterocycles. The number of rotatable bonds is 6. The highest BCUT2D eigenvalue weighted by molar-refractivity contribution is 8.18. The van der Waals surface area contributed by atoms with Gasteiger partial charge < -0.3 is 9.64 Å². The summed E-state index contributed by atoms with van der Waals surface area (Å²) in [5.74, 6) is 0.373. The number of hydrogen-bond donors (Lipinski definition) is 0. The summed E-state index contributed by atoms with van der Waals surface area (Å²) in [6, 6.07) is 15.1. The molecule has 0 bridgehead atoms. The first kappa shape index (κ1) is 19.9. The molecule has 2 aliphatic rings. The lowest BCUT2D eigenvalue weighted by atomic mass is 10.2. The summed E-state index contributed by atoms with van der Waals surface area (Å²) in [6.45, 7) is 2.63. The van der Waals surface area contributed by atoms with E-state index in [4.69, 9.17) is 16.3 Å². The highest BCUT2D eigenvalue weighted by atomic mass is 35.5. The molecule has 4 rings (SSSR count). The van der Waals surface area contributed by atoms with Gasteiger partial charge in [0.15, 0.2) is 0 Å². The minimum absolute atomic E-state index is 0.207. The number of nitrogens with zero attached hydrogens (tertiary/aromatic N) is 2. The van der Waals surface area contributed by atoms with Crippen LogP contribution in [0.15, 0.2) is 53.4 Å². The Balaban J connectivity index is 1.36. The number of anilines is 1. The second-order valence-corrected chi connectivity index (χ2v) is 8.35. The van der Waals surface area contributed by atoms with Crippen molar-refractivity contribution < 1.29 is 14.3 Å². The van der Waals surface area contributed by atoms with Gasteiger partial charge in [-0.25, -0.2) is 0 Å². The molecule has 0 atom stereocenters. The van der Waals surface area contributed by atoms with Crippen molar-refractivity contribution in [2.45, 2.75) is 12.8 Å². The summed E-state index contributed by atoms with van der Waals surface area (Å²) < 4.78 is 5.60. The predicted octanol–water partition coefficient (Wildman–Crippen LogP) is 5.06. The molecule has 5 nitrogen and oxygen atoms in total. The maximum Gasteiger partial charge on any atom is 0.293 e.